The van der Waals surface area contributed by atoms with Crippen molar-refractivity contribution in [3.63, 3.8) is 0 Å². The molecule has 0 aliphatic heterocycles. The van der Waals surface area contributed by atoms with Gasteiger partial charge in [0, 0.05) is 6.04 Å². The van der Waals surface area contributed by atoms with Crippen molar-refractivity contribution in [2.75, 3.05) is 6.54 Å². The lowest BCUT2D eigenvalue weighted by Gasteiger charge is -2.33. The van der Waals surface area contributed by atoms with Gasteiger partial charge in [0.15, 0.2) is 0 Å². The van der Waals surface area contributed by atoms with Crippen LogP contribution in [0.4, 0.5) is 0 Å². The lowest BCUT2D eigenvalue weighted by molar-refractivity contribution is 0.415. The number of hydrogen-bond donors (Lipinski definition) is 1. The maximum Gasteiger partial charge on any atom is 0.0113 e. The molecule has 1 heteroatoms. The van der Waals surface area contributed by atoms with E-state index in [1.807, 2.05) is 0 Å². The topological polar surface area (TPSA) is 12.0 Å². The van der Waals surface area contributed by atoms with E-state index in [1.54, 1.807) is 11.1 Å². The molecule has 0 bridgehead atoms. The van der Waals surface area contributed by atoms with Crippen LogP contribution in [0.2, 0.25) is 0 Å². The van der Waals surface area contributed by atoms with Crippen molar-refractivity contribution < 1.29 is 0 Å². The minimum absolute atomic E-state index is 0.589. The highest BCUT2D eigenvalue weighted by Crippen LogP contribution is 2.38. The predicted molar refractivity (Wildman–Crippen MR) is 89.7 cm³/mol. The van der Waals surface area contributed by atoms with Crippen molar-refractivity contribution in [2.24, 2.45) is 0 Å². The molecule has 1 aliphatic carbocycles. The largest absolute Gasteiger partial charge is 0.314 e. The molecule has 3 rings (SSSR count). The van der Waals surface area contributed by atoms with E-state index in [4.69, 9.17) is 0 Å². The summed E-state index contributed by atoms with van der Waals surface area (Å²) in [5.41, 5.74) is 4.57. The highest BCUT2D eigenvalue weighted by Gasteiger charge is 2.27. The van der Waals surface area contributed by atoms with Crippen molar-refractivity contribution in [3.8, 4) is 0 Å². The zero-order chi connectivity index (χ0) is 14.5. The van der Waals surface area contributed by atoms with Crippen molar-refractivity contribution in [3.05, 3.63) is 71.3 Å². The molecule has 0 amide bonds. The quantitative estimate of drug-likeness (QED) is 0.795. The Labute approximate surface area is 128 Å². The Balaban J connectivity index is 1.63. The highest BCUT2D eigenvalue weighted by atomic mass is 14.9. The van der Waals surface area contributed by atoms with Gasteiger partial charge in [0.05, 0.1) is 0 Å². The number of rotatable bonds is 7. The van der Waals surface area contributed by atoms with Gasteiger partial charge < -0.3 is 5.32 Å². The Kier molecular flexibility index (Phi) is 4.72. The van der Waals surface area contributed by atoms with Crippen LogP contribution in [0.3, 0.4) is 0 Å². The van der Waals surface area contributed by atoms with Gasteiger partial charge in [0.25, 0.3) is 0 Å². The fourth-order valence-electron chi connectivity index (χ4n) is 3.40. The summed E-state index contributed by atoms with van der Waals surface area (Å²) < 4.78 is 0. The molecule has 1 N–H and O–H groups in total. The summed E-state index contributed by atoms with van der Waals surface area (Å²) >= 11 is 0. The zero-order valence-electron chi connectivity index (χ0n) is 12.9. The standard InChI is InChI=1S/C20H25N/c1-2-12-21-19(13-16-8-4-3-5-9-16)15-18-14-17-10-6-7-11-20(17)18/h3-11,18-19,21H,2,12-15H2,1H3. The SMILES string of the molecule is CCCNC(Cc1ccccc1)CC1Cc2ccccc21. The third-order valence-corrected chi connectivity index (χ3v) is 4.54. The van der Waals surface area contributed by atoms with E-state index in [0.717, 1.165) is 18.9 Å². The third kappa shape index (κ3) is 3.54. The Morgan fingerprint density at radius 2 is 1.81 bits per heavy atom. The summed E-state index contributed by atoms with van der Waals surface area (Å²) in [7, 11) is 0. The average Bonchev–Trinajstić information content (AvgIpc) is 2.51. The van der Waals surface area contributed by atoms with E-state index in [0.29, 0.717) is 6.04 Å². The first-order valence-electron chi connectivity index (χ1n) is 8.22. The molecule has 0 radical (unpaired) electrons. The van der Waals surface area contributed by atoms with Crippen molar-refractivity contribution in [1.82, 2.24) is 5.32 Å². The summed E-state index contributed by atoms with van der Waals surface area (Å²) in [5, 5.41) is 3.75. The molecule has 2 aromatic carbocycles. The van der Waals surface area contributed by atoms with Crippen LogP contribution in [0.15, 0.2) is 54.6 Å². The molecule has 0 saturated carbocycles. The van der Waals surface area contributed by atoms with E-state index >= 15 is 0 Å². The van der Waals surface area contributed by atoms with Crippen LogP contribution in [0.5, 0.6) is 0 Å². The van der Waals surface area contributed by atoms with Crippen LogP contribution >= 0.6 is 0 Å². The summed E-state index contributed by atoms with van der Waals surface area (Å²) in [6.45, 7) is 3.36. The summed E-state index contributed by atoms with van der Waals surface area (Å²) in [6.07, 6.45) is 4.85. The van der Waals surface area contributed by atoms with E-state index in [1.165, 1.54) is 24.8 Å². The molecule has 2 unspecified atom stereocenters. The van der Waals surface area contributed by atoms with E-state index < -0.39 is 0 Å². The molecule has 0 heterocycles. The summed E-state index contributed by atoms with van der Waals surface area (Å²) in [6, 6.07) is 20.4. The van der Waals surface area contributed by atoms with Crippen molar-refractivity contribution >= 4 is 0 Å². The van der Waals surface area contributed by atoms with Crippen molar-refractivity contribution in [2.45, 2.75) is 44.6 Å². The minimum atomic E-state index is 0.589. The van der Waals surface area contributed by atoms with Gasteiger partial charge >= 0.3 is 0 Å². The number of fused-ring (bicyclic) bond motifs is 1. The van der Waals surface area contributed by atoms with Gasteiger partial charge in [-0.1, -0.05) is 61.5 Å². The maximum atomic E-state index is 3.75. The van der Waals surface area contributed by atoms with Crippen LogP contribution in [0.1, 0.15) is 42.4 Å². The minimum Gasteiger partial charge on any atom is -0.314 e. The van der Waals surface area contributed by atoms with Crippen LogP contribution in [0.25, 0.3) is 0 Å². The van der Waals surface area contributed by atoms with Crippen LogP contribution in [-0.4, -0.2) is 12.6 Å². The fourth-order valence-corrected chi connectivity index (χ4v) is 3.40. The zero-order valence-corrected chi connectivity index (χ0v) is 12.9. The van der Waals surface area contributed by atoms with E-state index in [2.05, 4.69) is 66.8 Å². The second kappa shape index (κ2) is 6.91. The second-order valence-electron chi connectivity index (χ2n) is 6.18. The average molecular weight is 279 g/mol. The van der Waals surface area contributed by atoms with Gasteiger partial charge in [-0.25, -0.2) is 0 Å². The highest BCUT2D eigenvalue weighted by molar-refractivity contribution is 5.40. The molecule has 1 nitrogen and oxygen atoms in total. The molecule has 0 aromatic heterocycles. The van der Waals surface area contributed by atoms with Gasteiger partial charge in [0.1, 0.15) is 0 Å². The number of benzene rings is 2. The third-order valence-electron chi connectivity index (χ3n) is 4.54. The van der Waals surface area contributed by atoms with Crippen molar-refractivity contribution in [1.29, 1.82) is 0 Å². The Morgan fingerprint density at radius 3 is 2.57 bits per heavy atom. The van der Waals surface area contributed by atoms with Gasteiger partial charge in [-0.05, 0) is 54.8 Å². The van der Waals surface area contributed by atoms with E-state index in [-0.39, 0.29) is 0 Å². The molecule has 0 fully saturated rings. The normalized spacial score (nSPS) is 17.9. The van der Waals surface area contributed by atoms with Crippen LogP contribution in [-0.2, 0) is 12.8 Å². The molecule has 2 aromatic rings. The molecule has 1 aliphatic rings. The smallest absolute Gasteiger partial charge is 0.0113 e. The second-order valence-corrected chi connectivity index (χ2v) is 6.18. The summed E-state index contributed by atoms with van der Waals surface area (Å²) in [5.74, 6) is 0.749. The monoisotopic (exact) mass is 279 g/mol. The molecule has 0 spiro atoms. The number of nitrogens with one attached hydrogen (secondary N) is 1. The molecular weight excluding hydrogens is 254 g/mol. The van der Waals surface area contributed by atoms with Crippen LogP contribution in [0, 0.1) is 0 Å². The molecule has 2 atom stereocenters. The van der Waals surface area contributed by atoms with Gasteiger partial charge in [-0.2, -0.15) is 0 Å². The van der Waals surface area contributed by atoms with Gasteiger partial charge in [-0.15, -0.1) is 0 Å². The van der Waals surface area contributed by atoms with Crippen LogP contribution < -0.4 is 5.32 Å². The number of hydrogen-bond acceptors (Lipinski definition) is 1. The van der Waals surface area contributed by atoms with Gasteiger partial charge in [-0.3, -0.25) is 0 Å². The Morgan fingerprint density at radius 1 is 1.05 bits per heavy atom. The summed E-state index contributed by atoms with van der Waals surface area (Å²) in [4.78, 5) is 0. The van der Waals surface area contributed by atoms with Gasteiger partial charge in [0.2, 0.25) is 0 Å². The first kappa shape index (κ1) is 14.3. The predicted octanol–water partition coefficient (Wildman–Crippen LogP) is 4.33. The molecule has 0 saturated heterocycles. The Hall–Kier alpha value is -1.60. The molecular formula is C20H25N. The molecule has 21 heavy (non-hydrogen) atoms. The first-order chi connectivity index (χ1) is 10.4. The molecule has 110 valence electrons. The Bertz CT molecular complexity index is 561. The maximum absolute atomic E-state index is 3.75. The first-order valence-corrected chi connectivity index (χ1v) is 8.22. The lowest BCUT2D eigenvalue weighted by Crippen LogP contribution is -2.35. The van der Waals surface area contributed by atoms with E-state index in [9.17, 15) is 0 Å². The fraction of sp³-hybridized carbons (Fsp3) is 0.400. The lowest BCUT2D eigenvalue weighted by atomic mass is 9.74.